The second-order valence-electron chi connectivity index (χ2n) is 3.41. The third-order valence-electron chi connectivity index (χ3n) is 2.44. The molecule has 0 atom stereocenters. The number of hydrogen-bond donors (Lipinski definition) is 1. The molecule has 0 aliphatic heterocycles. The summed E-state index contributed by atoms with van der Waals surface area (Å²) in [6.45, 7) is 2.92. The van der Waals surface area contributed by atoms with Crippen LogP contribution < -0.4 is 9.64 Å². The lowest BCUT2D eigenvalue weighted by molar-refractivity contribution is 0.0697. The van der Waals surface area contributed by atoms with Crippen molar-refractivity contribution in [2.45, 2.75) is 6.92 Å². The van der Waals surface area contributed by atoms with Crippen molar-refractivity contribution in [3.63, 3.8) is 0 Å². The highest BCUT2D eigenvalue weighted by Crippen LogP contribution is 2.26. The summed E-state index contributed by atoms with van der Waals surface area (Å²) >= 11 is 0. The van der Waals surface area contributed by atoms with Gasteiger partial charge < -0.3 is 14.7 Å². The molecule has 1 aromatic carbocycles. The second kappa shape index (κ2) is 5.80. The Labute approximate surface area is 101 Å². The van der Waals surface area contributed by atoms with Gasteiger partial charge in [-0.05, 0) is 19.1 Å². The normalized spacial score (nSPS) is 9.47. The number of terminal acetylenes is 1. The largest absolute Gasteiger partial charge is 0.497 e. The lowest BCUT2D eigenvalue weighted by atomic mass is 10.1. The molecule has 1 aromatic rings. The highest BCUT2D eigenvalue weighted by atomic mass is 16.5. The predicted octanol–water partition coefficient (Wildman–Crippen LogP) is 1.85. The topological polar surface area (TPSA) is 49.8 Å². The van der Waals surface area contributed by atoms with Crippen LogP contribution in [0.4, 0.5) is 5.69 Å². The van der Waals surface area contributed by atoms with Crippen molar-refractivity contribution in [3.05, 3.63) is 23.8 Å². The number of ether oxygens (including phenoxy) is 1. The summed E-state index contributed by atoms with van der Waals surface area (Å²) in [6.07, 6.45) is 5.27. The minimum absolute atomic E-state index is 0.225. The van der Waals surface area contributed by atoms with Crippen molar-refractivity contribution >= 4 is 11.7 Å². The molecular formula is C13H15NO3. The van der Waals surface area contributed by atoms with Crippen molar-refractivity contribution in [2.24, 2.45) is 0 Å². The fourth-order valence-corrected chi connectivity index (χ4v) is 1.56. The average Bonchev–Trinajstić information content (AvgIpc) is 2.35. The number of anilines is 1. The van der Waals surface area contributed by atoms with Crippen LogP contribution in [0.15, 0.2) is 18.2 Å². The number of aromatic carboxylic acids is 1. The van der Waals surface area contributed by atoms with Gasteiger partial charge in [0.25, 0.3) is 0 Å². The Morgan fingerprint density at radius 1 is 1.59 bits per heavy atom. The predicted molar refractivity (Wildman–Crippen MR) is 66.7 cm³/mol. The number of carboxylic acid groups (broad SMARTS) is 1. The Balaban J connectivity index is 3.25. The van der Waals surface area contributed by atoms with Gasteiger partial charge in [0, 0.05) is 12.6 Å². The number of rotatable bonds is 5. The van der Waals surface area contributed by atoms with Crippen molar-refractivity contribution in [3.8, 4) is 18.1 Å². The molecule has 90 valence electrons. The van der Waals surface area contributed by atoms with E-state index in [1.807, 2.05) is 11.8 Å². The summed E-state index contributed by atoms with van der Waals surface area (Å²) in [4.78, 5) is 12.9. The fourth-order valence-electron chi connectivity index (χ4n) is 1.56. The summed E-state index contributed by atoms with van der Waals surface area (Å²) in [7, 11) is 1.54. The Morgan fingerprint density at radius 3 is 2.76 bits per heavy atom. The van der Waals surface area contributed by atoms with Gasteiger partial charge >= 0.3 is 5.97 Å². The SMILES string of the molecule is C#CCN(CC)c1cc(OC)ccc1C(=O)O. The molecule has 1 rings (SSSR count). The molecule has 0 aromatic heterocycles. The molecule has 4 heteroatoms. The molecule has 17 heavy (non-hydrogen) atoms. The standard InChI is InChI=1S/C13H15NO3/c1-4-8-14(5-2)12-9-10(17-3)6-7-11(12)13(15)16/h1,6-7,9H,5,8H2,2-3H3,(H,15,16). The van der Waals surface area contributed by atoms with Crippen molar-refractivity contribution in [1.29, 1.82) is 0 Å². The summed E-state index contributed by atoms with van der Waals surface area (Å²) in [6, 6.07) is 4.83. The van der Waals surface area contributed by atoms with Gasteiger partial charge in [-0.25, -0.2) is 4.79 Å². The molecule has 4 nitrogen and oxygen atoms in total. The molecule has 0 radical (unpaired) electrons. The number of carboxylic acids is 1. The number of carbonyl (C=O) groups is 1. The first kappa shape index (κ1) is 12.9. The van der Waals surface area contributed by atoms with Crippen molar-refractivity contribution in [1.82, 2.24) is 0 Å². The lowest BCUT2D eigenvalue weighted by Gasteiger charge is -2.22. The maximum Gasteiger partial charge on any atom is 0.337 e. The van der Waals surface area contributed by atoms with Crippen LogP contribution in [0, 0.1) is 12.3 Å². The van der Waals surface area contributed by atoms with Crippen LogP contribution in [0.2, 0.25) is 0 Å². The van der Waals surface area contributed by atoms with Gasteiger partial charge in [-0.1, -0.05) is 5.92 Å². The minimum Gasteiger partial charge on any atom is -0.497 e. The smallest absolute Gasteiger partial charge is 0.337 e. The summed E-state index contributed by atoms with van der Waals surface area (Å²) in [5.41, 5.74) is 0.806. The summed E-state index contributed by atoms with van der Waals surface area (Å²) in [5.74, 6) is 2.15. The first-order valence-electron chi connectivity index (χ1n) is 5.23. The van der Waals surface area contributed by atoms with Gasteiger partial charge in [-0.15, -0.1) is 6.42 Å². The zero-order valence-corrected chi connectivity index (χ0v) is 9.93. The Hall–Kier alpha value is -2.15. The Morgan fingerprint density at radius 2 is 2.29 bits per heavy atom. The maximum atomic E-state index is 11.1. The molecule has 0 fully saturated rings. The van der Waals surface area contributed by atoms with Gasteiger partial charge in [-0.3, -0.25) is 0 Å². The highest BCUT2D eigenvalue weighted by molar-refractivity contribution is 5.95. The zero-order chi connectivity index (χ0) is 12.8. The summed E-state index contributed by atoms with van der Waals surface area (Å²) in [5, 5.41) is 9.12. The van der Waals surface area contributed by atoms with Crippen molar-refractivity contribution < 1.29 is 14.6 Å². The van der Waals surface area contributed by atoms with Gasteiger partial charge in [0.05, 0.1) is 24.9 Å². The quantitative estimate of drug-likeness (QED) is 0.788. The van der Waals surface area contributed by atoms with Gasteiger partial charge in [0.1, 0.15) is 5.75 Å². The van der Waals surface area contributed by atoms with E-state index in [1.54, 1.807) is 12.1 Å². The van der Waals surface area contributed by atoms with E-state index in [9.17, 15) is 4.79 Å². The molecule has 0 aliphatic rings. The third-order valence-corrected chi connectivity index (χ3v) is 2.44. The van der Waals surface area contributed by atoms with Crippen molar-refractivity contribution in [2.75, 3.05) is 25.1 Å². The number of benzene rings is 1. The lowest BCUT2D eigenvalue weighted by Crippen LogP contribution is -2.25. The first-order chi connectivity index (χ1) is 8.13. The Kier molecular flexibility index (Phi) is 4.41. The molecular weight excluding hydrogens is 218 g/mol. The number of methoxy groups -OCH3 is 1. The van der Waals surface area contributed by atoms with Gasteiger partial charge in [-0.2, -0.15) is 0 Å². The molecule has 0 aliphatic carbocycles. The van der Waals surface area contributed by atoms with E-state index >= 15 is 0 Å². The molecule has 0 saturated heterocycles. The van der Waals surface area contributed by atoms with Crippen LogP contribution in [0.25, 0.3) is 0 Å². The van der Waals surface area contributed by atoms with E-state index in [4.69, 9.17) is 16.3 Å². The van der Waals surface area contributed by atoms with Crippen LogP contribution in [0.1, 0.15) is 17.3 Å². The fraction of sp³-hybridized carbons (Fsp3) is 0.308. The molecule has 1 N–H and O–H groups in total. The van der Waals surface area contributed by atoms with E-state index < -0.39 is 5.97 Å². The third kappa shape index (κ3) is 2.91. The minimum atomic E-state index is -0.974. The molecule has 0 amide bonds. The number of hydrogen-bond acceptors (Lipinski definition) is 3. The van der Waals surface area contributed by atoms with Crippen LogP contribution in [0.5, 0.6) is 5.75 Å². The average molecular weight is 233 g/mol. The summed E-state index contributed by atoms with van der Waals surface area (Å²) < 4.78 is 5.09. The molecule has 0 saturated carbocycles. The first-order valence-corrected chi connectivity index (χ1v) is 5.23. The number of nitrogens with zero attached hydrogens (tertiary/aromatic N) is 1. The van der Waals surface area contributed by atoms with E-state index in [1.165, 1.54) is 13.2 Å². The monoisotopic (exact) mass is 233 g/mol. The Bertz CT molecular complexity index is 448. The van der Waals surface area contributed by atoms with Crippen LogP contribution >= 0.6 is 0 Å². The molecule has 0 bridgehead atoms. The van der Waals surface area contributed by atoms with E-state index in [-0.39, 0.29) is 5.56 Å². The van der Waals surface area contributed by atoms with Gasteiger partial charge in [0.2, 0.25) is 0 Å². The maximum absolute atomic E-state index is 11.1. The molecule has 0 spiro atoms. The molecule has 0 unspecified atom stereocenters. The van der Waals surface area contributed by atoms with Crippen LogP contribution in [0.3, 0.4) is 0 Å². The van der Waals surface area contributed by atoms with E-state index in [0.29, 0.717) is 24.5 Å². The second-order valence-corrected chi connectivity index (χ2v) is 3.41. The van der Waals surface area contributed by atoms with E-state index in [2.05, 4.69) is 5.92 Å². The molecule has 0 heterocycles. The van der Waals surface area contributed by atoms with E-state index in [0.717, 1.165) is 0 Å². The van der Waals surface area contributed by atoms with Crippen LogP contribution in [-0.2, 0) is 0 Å². The highest BCUT2D eigenvalue weighted by Gasteiger charge is 2.15. The zero-order valence-electron chi connectivity index (χ0n) is 9.93. The van der Waals surface area contributed by atoms with Gasteiger partial charge in [0.15, 0.2) is 0 Å². The van der Waals surface area contributed by atoms with Crippen LogP contribution in [-0.4, -0.2) is 31.3 Å².